The molecule has 0 bridgehead atoms. The molecule has 0 unspecified atom stereocenters. The summed E-state index contributed by atoms with van der Waals surface area (Å²) in [7, 11) is 0. The van der Waals surface area contributed by atoms with Crippen LogP contribution in [0.25, 0.3) is 0 Å². The van der Waals surface area contributed by atoms with Gasteiger partial charge in [0.1, 0.15) is 57.5 Å². The van der Waals surface area contributed by atoms with Crippen LogP contribution in [-0.2, 0) is 0 Å². The second-order valence-corrected chi connectivity index (χ2v) is 12.1. The van der Waals surface area contributed by atoms with Crippen LogP contribution in [0.2, 0.25) is 0 Å². The van der Waals surface area contributed by atoms with Gasteiger partial charge in [-0.3, -0.25) is 0 Å². The summed E-state index contributed by atoms with van der Waals surface area (Å²) in [5, 5.41) is 0. The average Bonchev–Trinajstić information content (AvgIpc) is 3.23. The minimum atomic E-state index is 0.441. The van der Waals surface area contributed by atoms with Crippen LogP contribution >= 0.6 is 0 Å². The highest BCUT2D eigenvalue weighted by atomic mass is 16.5. The highest BCUT2D eigenvalue weighted by molar-refractivity contribution is 5.55. The lowest BCUT2D eigenvalue weighted by Gasteiger charge is -2.17. The van der Waals surface area contributed by atoms with Gasteiger partial charge in [-0.25, -0.2) is 0 Å². The fourth-order valence-corrected chi connectivity index (χ4v) is 5.45. The molecule has 0 saturated heterocycles. The first-order valence-corrected chi connectivity index (χ1v) is 17.6. The Labute approximate surface area is 319 Å². The molecular weight excluding hydrogens is 689 g/mol. The van der Waals surface area contributed by atoms with Crippen LogP contribution in [0.1, 0.15) is 0 Å². The third-order valence-electron chi connectivity index (χ3n) is 8.07. The first-order chi connectivity index (χ1) is 27.2. The number of para-hydroxylation sites is 4. The number of hydrogen-bond acceptors (Lipinski definition) is 7. The monoisotopic (exact) mass is 722 g/mol. The zero-order valence-electron chi connectivity index (χ0n) is 29.5. The van der Waals surface area contributed by atoms with Crippen molar-refractivity contribution in [1.29, 1.82) is 0 Å². The van der Waals surface area contributed by atoms with E-state index >= 15 is 0 Å². The van der Waals surface area contributed by atoms with Crippen LogP contribution in [0.4, 0.5) is 0 Å². The Kier molecular flexibility index (Phi) is 10.5. The molecule has 7 heteroatoms. The van der Waals surface area contributed by atoms with Crippen LogP contribution in [0, 0.1) is 0 Å². The molecule has 8 aromatic carbocycles. The van der Waals surface area contributed by atoms with Crippen molar-refractivity contribution in [2.24, 2.45) is 0 Å². The number of ether oxygens (including phenoxy) is 7. The molecule has 0 atom stereocenters. The molecule has 7 nitrogen and oxygen atoms in total. The Morgan fingerprint density at radius 2 is 0.400 bits per heavy atom. The molecule has 0 heterocycles. The van der Waals surface area contributed by atoms with E-state index in [-0.39, 0.29) is 0 Å². The summed E-state index contributed by atoms with van der Waals surface area (Å²) >= 11 is 0. The molecule has 0 radical (unpaired) electrons. The summed E-state index contributed by atoms with van der Waals surface area (Å²) in [6.07, 6.45) is 0. The summed E-state index contributed by atoms with van der Waals surface area (Å²) in [6, 6.07) is 63.9. The smallest absolute Gasteiger partial charge is 0.173 e. The Bertz CT molecular complexity index is 2250. The summed E-state index contributed by atoms with van der Waals surface area (Å²) < 4.78 is 43.6. The van der Waals surface area contributed by atoms with Gasteiger partial charge in [0, 0.05) is 12.1 Å². The van der Waals surface area contributed by atoms with Gasteiger partial charge in [-0.2, -0.15) is 0 Å². The molecule has 8 rings (SSSR count). The van der Waals surface area contributed by atoms with Crippen LogP contribution in [0.15, 0.2) is 206 Å². The van der Waals surface area contributed by atoms with E-state index in [0.29, 0.717) is 69.0 Å². The third kappa shape index (κ3) is 9.43. The average molecular weight is 723 g/mol. The molecule has 0 fully saturated rings. The van der Waals surface area contributed by atoms with Gasteiger partial charge in [0.2, 0.25) is 0 Å². The molecule has 0 saturated carbocycles. The second-order valence-electron chi connectivity index (χ2n) is 12.1. The van der Waals surface area contributed by atoms with Gasteiger partial charge in [0.05, 0.1) is 0 Å². The van der Waals surface area contributed by atoms with Crippen molar-refractivity contribution in [3.8, 4) is 80.5 Å². The zero-order chi connectivity index (χ0) is 37.1. The van der Waals surface area contributed by atoms with Gasteiger partial charge >= 0.3 is 0 Å². The minimum absolute atomic E-state index is 0.441. The standard InChI is InChI=1S/C48H34O7/c1-5-13-35(14-6-1)49-39-21-25-41(26-22-39)51-43-29-31-45(47(33-43)53-37-17-9-3-10-18-37)55-46-32-30-44(34-48(46)54-38-19-11-4-12-20-38)52-42-27-23-40(24-28-42)50-36-15-7-2-8-16-36/h1-34H. The summed E-state index contributed by atoms with van der Waals surface area (Å²) in [4.78, 5) is 0. The van der Waals surface area contributed by atoms with Crippen LogP contribution in [-0.4, -0.2) is 0 Å². The lowest BCUT2D eigenvalue weighted by molar-refractivity contribution is 0.388. The van der Waals surface area contributed by atoms with E-state index in [0.717, 1.165) is 11.5 Å². The van der Waals surface area contributed by atoms with E-state index < -0.39 is 0 Å². The molecule has 0 aliphatic heterocycles. The Morgan fingerprint density at radius 1 is 0.164 bits per heavy atom. The number of benzene rings is 8. The maximum atomic E-state index is 6.55. The molecule has 0 aliphatic carbocycles. The van der Waals surface area contributed by atoms with Crippen LogP contribution in [0.5, 0.6) is 80.5 Å². The van der Waals surface area contributed by atoms with Crippen molar-refractivity contribution in [3.05, 3.63) is 206 Å². The van der Waals surface area contributed by atoms with E-state index in [1.807, 2.05) is 182 Å². The fourth-order valence-electron chi connectivity index (χ4n) is 5.45. The minimum Gasteiger partial charge on any atom is -0.457 e. The van der Waals surface area contributed by atoms with Crippen molar-refractivity contribution in [2.75, 3.05) is 0 Å². The maximum absolute atomic E-state index is 6.55. The number of hydrogen-bond donors (Lipinski definition) is 0. The maximum Gasteiger partial charge on any atom is 0.173 e. The summed E-state index contributed by atoms with van der Waals surface area (Å²) in [5.74, 6) is 8.34. The van der Waals surface area contributed by atoms with Crippen LogP contribution < -0.4 is 33.2 Å². The zero-order valence-corrected chi connectivity index (χ0v) is 29.5. The number of rotatable bonds is 14. The fraction of sp³-hybridized carbons (Fsp3) is 0. The van der Waals surface area contributed by atoms with Gasteiger partial charge in [-0.1, -0.05) is 72.8 Å². The van der Waals surface area contributed by atoms with Crippen LogP contribution in [0.3, 0.4) is 0 Å². The molecule has 8 aromatic rings. The molecule has 0 aromatic heterocycles. The first kappa shape index (κ1) is 34.4. The predicted molar refractivity (Wildman–Crippen MR) is 212 cm³/mol. The van der Waals surface area contributed by atoms with Crippen molar-refractivity contribution >= 4 is 0 Å². The van der Waals surface area contributed by atoms with Crippen molar-refractivity contribution in [3.63, 3.8) is 0 Å². The van der Waals surface area contributed by atoms with E-state index in [1.165, 1.54) is 0 Å². The van der Waals surface area contributed by atoms with Crippen molar-refractivity contribution in [2.45, 2.75) is 0 Å². The topological polar surface area (TPSA) is 64.6 Å². The van der Waals surface area contributed by atoms with E-state index in [9.17, 15) is 0 Å². The molecule has 0 N–H and O–H groups in total. The van der Waals surface area contributed by atoms with Gasteiger partial charge in [0.25, 0.3) is 0 Å². The summed E-state index contributed by atoms with van der Waals surface area (Å²) in [6.45, 7) is 0. The second kappa shape index (κ2) is 16.8. The van der Waals surface area contributed by atoms with E-state index in [2.05, 4.69) is 0 Å². The largest absolute Gasteiger partial charge is 0.457 e. The lowest BCUT2D eigenvalue weighted by Crippen LogP contribution is -1.95. The first-order valence-electron chi connectivity index (χ1n) is 17.6. The molecule has 0 amide bonds. The molecule has 268 valence electrons. The van der Waals surface area contributed by atoms with Gasteiger partial charge in [-0.15, -0.1) is 0 Å². The van der Waals surface area contributed by atoms with Crippen molar-refractivity contribution < 1.29 is 33.2 Å². The quantitative estimate of drug-likeness (QED) is 0.111. The Morgan fingerprint density at radius 3 is 0.709 bits per heavy atom. The summed E-state index contributed by atoms with van der Waals surface area (Å²) in [5.41, 5.74) is 0. The molecule has 0 spiro atoms. The Hall–Kier alpha value is -7.64. The van der Waals surface area contributed by atoms with Gasteiger partial charge < -0.3 is 33.2 Å². The normalized spacial score (nSPS) is 10.5. The highest BCUT2D eigenvalue weighted by Gasteiger charge is 2.16. The predicted octanol–water partition coefficient (Wildman–Crippen LogP) is 14.2. The highest BCUT2D eigenvalue weighted by Crippen LogP contribution is 2.44. The molecule has 0 aliphatic rings. The van der Waals surface area contributed by atoms with Gasteiger partial charge in [0.15, 0.2) is 23.0 Å². The van der Waals surface area contributed by atoms with E-state index in [4.69, 9.17) is 33.2 Å². The van der Waals surface area contributed by atoms with Gasteiger partial charge in [-0.05, 0) is 121 Å². The molecular formula is C48H34O7. The molecule has 55 heavy (non-hydrogen) atoms. The van der Waals surface area contributed by atoms with E-state index in [1.54, 1.807) is 24.3 Å². The Balaban J connectivity index is 1.04. The van der Waals surface area contributed by atoms with Crippen molar-refractivity contribution in [1.82, 2.24) is 0 Å². The lowest BCUT2D eigenvalue weighted by atomic mass is 10.2. The SMILES string of the molecule is c1ccc(Oc2ccc(Oc3ccc(Oc4ccc(Oc5ccc(Oc6ccccc6)cc5)cc4Oc4ccccc4)c(Oc4ccccc4)c3)cc2)cc1. The third-order valence-corrected chi connectivity index (χ3v) is 8.07.